The Balaban J connectivity index is 2.71. The van der Waals surface area contributed by atoms with Crippen LogP contribution in [0.25, 0.3) is 0 Å². The van der Waals surface area contributed by atoms with Crippen LogP contribution in [0, 0.1) is 0 Å². The minimum Gasteiger partial charge on any atom is -0.479 e. The summed E-state index contributed by atoms with van der Waals surface area (Å²) in [6.45, 7) is 5.79. The molecular weight excluding hydrogens is 877 g/mol. The number of ether oxygens (including phenoxy) is 5. The molecule has 1 saturated heterocycles. The van der Waals surface area contributed by atoms with Crippen LogP contribution >= 0.6 is 0 Å². The van der Waals surface area contributed by atoms with Crippen molar-refractivity contribution < 1.29 is 58.2 Å². The van der Waals surface area contributed by atoms with Gasteiger partial charge in [0.05, 0.1) is 6.61 Å². The highest BCUT2D eigenvalue weighted by Crippen LogP contribution is 2.26. The van der Waals surface area contributed by atoms with Crippen molar-refractivity contribution in [3.05, 3.63) is 60.8 Å². The van der Waals surface area contributed by atoms with Crippen molar-refractivity contribution in [3.8, 4) is 0 Å². The molecule has 0 amide bonds. The molecule has 0 aromatic rings. The molecule has 3 N–H and O–H groups in total. The molecule has 1 heterocycles. The van der Waals surface area contributed by atoms with Crippen molar-refractivity contribution in [1.82, 2.24) is 0 Å². The predicted octanol–water partition coefficient (Wildman–Crippen LogP) is 13.2. The van der Waals surface area contributed by atoms with Crippen LogP contribution in [0.15, 0.2) is 60.8 Å². The number of aliphatic hydroxyl groups excluding tert-OH is 2. The maximum absolute atomic E-state index is 13.0. The Morgan fingerprint density at radius 3 is 1.42 bits per heavy atom. The number of allylic oxidation sites excluding steroid dienone is 10. The van der Waals surface area contributed by atoms with Crippen LogP contribution < -0.4 is 0 Å². The summed E-state index contributed by atoms with van der Waals surface area (Å²) in [5.74, 6) is -3.16. The molecule has 1 aliphatic heterocycles. The molecular formula is C57H96O12. The van der Waals surface area contributed by atoms with E-state index in [1.807, 2.05) is 0 Å². The number of aliphatic hydroxyl groups is 2. The monoisotopic (exact) mass is 973 g/mol. The van der Waals surface area contributed by atoms with E-state index in [0.29, 0.717) is 19.3 Å². The lowest BCUT2D eigenvalue weighted by Crippen LogP contribution is -2.61. The molecule has 12 heteroatoms. The van der Waals surface area contributed by atoms with Crippen molar-refractivity contribution in [3.63, 3.8) is 0 Å². The highest BCUT2D eigenvalue weighted by Gasteiger charge is 2.50. The van der Waals surface area contributed by atoms with E-state index >= 15 is 0 Å². The fourth-order valence-corrected chi connectivity index (χ4v) is 7.88. The van der Waals surface area contributed by atoms with E-state index in [2.05, 4.69) is 81.5 Å². The normalized spacial score (nSPS) is 19.1. The third-order valence-corrected chi connectivity index (χ3v) is 12.1. The number of hydrogen-bond donors (Lipinski definition) is 3. The lowest BCUT2D eigenvalue weighted by molar-refractivity contribution is -0.301. The number of aliphatic carboxylic acids is 1. The van der Waals surface area contributed by atoms with E-state index < -0.39 is 67.3 Å². The fourth-order valence-electron chi connectivity index (χ4n) is 7.88. The molecule has 396 valence electrons. The zero-order valence-corrected chi connectivity index (χ0v) is 43.3. The van der Waals surface area contributed by atoms with Gasteiger partial charge in [-0.05, 0) is 83.5 Å². The van der Waals surface area contributed by atoms with Crippen molar-refractivity contribution in [2.45, 2.75) is 263 Å². The van der Waals surface area contributed by atoms with Crippen molar-refractivity contribution >= 4 is 23.9 Å². The number of unbranched alkanes of at least 4 members (excludes halogenated alkanes) is 21. The average molecular weight is 973 g/mol. The van der Waals surface area contributed by atoms with Crippen molar-refractivity contribution in [1.29, 1.82) is 0 Å². The smallest absolute Gasteiger partial charge is 0.335 e. The van der Waals surface area contributed by atoms with Gasteiger partial charge in [-0.25, -0.2) is 4.79 Å². The molecule has 69 heavy (non-hydrogen) atoms. The first-order valence-corrected chi connectivity index (χ1v) is 27.3. The molecule has 6 atom stereocenters. The lowest BCUT2D eigenvalue weighted by Gasteiger charge is -2.40. The van der Waals surface area contributed by atoms with E-state index in [9.17, 15) is 34.5 Å². The maximum Gasteiger partial charge on any atom is 0.335 e. The van der Waals surface area contributed by atoms with E-state index in [1.165, 1.54) is 51.4 Å². The summed E-state index contributed by atoms with van der Waals surface area (Å²) in [6.07, 6.45) is 42.1. The molecule has 0 spiro atoms. The van der Waals surface area contributed by atoms with Gasteiger partial charge in [0, 0.05) is 19.3 Å². The van der Waals surface area contributed by atoms with Gasteiger partial charge in [0.25, 0.3) is 0 Å². The van der Waals surface area contributed by atoms with E-state index in [1.54, 1.807) is 0 Å². The van der Waals surface area contributed by atoms with Gasteiger partial charge < -0.3 is 39.0 Å². The number of hydrogen-bond acceptors (Lipinski definition) is 11. The second-order valence-corrected chi connectivity index (χ2v) is 18.5. The van der Waals surface area contributed by atoms with Crippen molar-refractivity contribution in [2.24, 2.45) is 0 Å². The third-order valence-electron chi connectivity index (χ3n) is 12.1. The minimum atomic E-state index is -1.91. The molecule has 0 aromatic heterocycles. The van der Waals surface area contributed by atoms with Crippen LogP contribution in [-0.4, -0.2) is 89.2 Å². The Bertz CT molecular complexity index is 1440. The van der Waals surface area contributed by atoms with E-state index in [-0.39, 0.29) is 25.9 Å². The first-order valence-electron chi connectivity index (χ1n) is 27.3. The van der Waals surface area contributed by atoms with E-state index in [0.717, 1.165) is 116 Å². The van der Waals surface area contributed by atoms with Crippen LogP contribution in [0.4, 0.5) is 0 Å². The average Bonchev–Trinajstić information content (AvgIpc) is 3.33. The van der Waals surface area contributed by atoms with Crippen LogP contribution in [-0.2, 0) is 42.9 Å². The van der Waals surface area contributed by atoms with Crippen molar-refractivity contribution in [2.75, 3.05) is 13.2 Å². The van der Waals surface area contributed by atoms with Crippen LogP contribution in [0.3, 0.4) is 0 Å². The maximum atomic E-state index is 13.0. The van der Waals surface area contributed by atoms with Gasteiger partial charge in [-0.1, -0.05) is 184 Å². The quantitative estimate of drug-likeness (QED) is 0.0228. The summed E-state index contributed by atoms with van der Waals surface area (Å²) in [5.41, 5.74) is 0. The van der Waals surface area contributed by atoms with Gasteiger partial charge in [-0.15, -0.1) is 0 Å². The molecule has 0 aliphatic carbocycles. The first kappa shape index (κ1) is 63.4. The summed E-state index contributed by atoms with van der Waals surface area (Å²) in [4.78, 5) is 50.8. The van der Waals surface area contributed by atoms with Gasteiger partial charge in [0.2, 0.25) is 0 Å². The van der Waals surface area contributed by atoms with Gasteiger partial charge in [-0.3, -0.25) is 14.4 Å². The minimum absolute atomic E-state index is 0.0395. The molecule has 1 aliphatic rings. The highest BCUT2D eigenvalue weighted by atomic mass is 16.7. The summed E-state index contributed by atoms with van der Waals surface area (Å²) >= 11 is 0. The number of carboxylic acid groups (broad SMARTS) is 1. The zero-order valence-electron chi connectivity index (χ0n) is 43.3. The number of rotatable bonds is 45. The lowest BCUT2D eigenvalue weighted by atomic mass is 9.98. The number of carbonyl (C=O) groups excluding carboxylic acids is 3. The van der Waals surface area contributed by atoms with Gasteiger partial charge in [-0.2, -0.15) is 0 Å². The summed E-state index contributed by atoms with van der Waals surface area (Å²) < 4.78 is 28.3. The molecule has 6 unspecified atom stereocenters. The molecule has 1 rings (SSSR count). The fraction of sp³-hybridized carbons (Fsp3) is 0.754. The highest BCUT2D eigenvalue weighted by molar-refractivity contribution is 5.74. The summed E-state index contributed by atoms with van der Waals surface area (Å²) in [6, 6.07) is 0. The van der Waals surface area contributed by atoms with Crippen LogP contribution in [0.1, 0.15) is 226 Å². The number of carbonyl (C=O) groups is 4. The number of esters is 3. The number of carboxylic acids is 1. The molecule has 1 fully saturated rings. The molecule has 0 bridgehead atoms. The third kappa shape index (κ3) is 36.1. The SMILES string of the molecule is CC/C=C\C/C=C\C/C=C\CCCCCCCC(=O)OC1C(OCC(COC(=O)CCCCCCC/C=C\C/C=C\CCCCC)OC(=O)CCCCCCCCCCC)OC(C(=O)O)C(O)C1O. The molecule has 0 aromatic carbocycles. The van der Waals surface area contributed by atoms with E-state index in [4.69, 9.17) is 23.7 Å². The first-order chi connectivity index (χ1) is 33.6. The predicted molar refractivity (Wildman–Crippen MR) is 275 cm³/mol. The summed E-state index contributed by atoms with van der Waals surface area (Å²) in [7, 11) is 0. The largest absolute Gasteiger partial charge is 0.479 e. The topological polar surface area (TPSA) is 175 Å². The Morgan fingerprint density at radius 2 is 0.913 bits per heavy atom. The Hall–Kier alpha value is -3.58. The molecule has 0 radical (unpaired) electrons. The second kappa shape index (κ2) is 45.6. The standard InChI is InChI=1S/C57H96O12/c1-4-7-10-13-16-19-21-23-25-27-29-32-34-37-40-43-49(58)65-46-48(67-50(59)44-41-38-35-31-18-15-12-9-6-3)47-66-57-55(53(62)52(61)54(69-57)56(63)64)68-51(60)45-42-39-36-33-30-28-26-24-22-20-17-14-11-8-5-2/h8,11,16-17,19-20,23-26,48,52-55,57,61-62H,4-7,9-10,12-15,18,21-22,27-47H2,1-3H3,(H,63,64)/b11-8-,19-16-,20-17-,25-23-,26-24-. The Morgan fingerprint density at radius 1 is 0.493 bits per heavy atom. The van der Waals surface area contributed by atoms with Gasteiger partial charge in [0.1, 0.15) is 18.8 Å². The Kier molecular flexibility index (Phi) is 41.9. The molecule has 12 nitrogen and oxygen atoms in total. The second-order valence-electron chi connectivity index (χ2n) is 18.5. The summed E-state index contributed by atoms with van der Waals surface area (Å²) in [5, 5.41) is 31.3. The zero-order chi connectivity index (χ0) is 50.4. The van der Waals surface area contributed by atoms with Crippen LogP contribution in [0.2, 0.25) is 0 Å². The Labute approximate surface area is 417 Å². The van der Waals surface area contributed by atoms with Crippen LogP contribution in [0.5, 0.6) is 0 Å². The van der Waals surface area contributed by atoms with Gasteiger partial charge >= 0.3 is 23.9 Å². The molecule has 0 saturated carbocycles. The van der Waals surface area contributed by atoms with Gasteiger partial charge in [0.15, 0.2) is 24.6 Å².